The van der Waals surface area contributed by atoms with Crippen LogP contribution in [0.2, 0.25) is 0 Å². The maximum absolute atomic E-state index is 10.4. The molecule has 1 aliphatic carbocycles. The van der Waals surface area contributed by atoms with Crippen LogP contribution in [0.1, 0.15) is 19.8 Å². The van der Waals surface area contributed by atoms with Crippen molar-refractivity contribution in [3.05, 3.63) is 22.8 Å². The minimum Gasteiger partial charge on any atom is -0.387 e. The van der Waals surface area contributed by atoms with Crippen molar-refractivity contribution >= 4 is 33.5 Å². The molecule has 94 valence electrons. The van der Waals surface area contributed by atoms with Gasteiger partial charge in [0.1, 0.15) is 5.82 Å². The molecule has 0 saturated heterocycles. The molecule has 0 aromatic carbocycles. The second-order valence-electron chi connectivity index (χ2n) is 4.30. The summed E-state index contributed by atoms with van der Waals surface area (Å²) in [7, 11) is 0. The largest absolute Gasteiger partial charge is 0.387 e. The summed E-state index contributed by atoms with van der Waals surface area (Å²) in [5.74, 6) is 1.87. The molecule has 0 amide bonds. The van der Waals surface area contributed by atoms with E-state index in [-0.39, 0.29) is 0 Å². The lowest BCUT2D eigenvalue weighted by Crippen LogP contribution is -2.54. The molecule has 2 rings (SSSR count). The van der Waals surface area contributed by atoms with Crippen molar-refractivity contribution in [3.8, 4) is 0 Å². The van der Waals surface area contributed by atoms with Crippen molar-refractivity contribution in [1.82, 2.24) is 4.98 Å². The van der Waals surface area contributed by atoms with Crippen LogP contribution in [0, 0.1) is 0 Å². The van der Waals surface area contributed by atoms with Crippen molar-refractivity contribution in [3.63, 3.8) is 0 Å². The maximum Gasteiger partial charge on any atom is 0.126 e. The first kappa shape index (κ1) is 13.2. The third kappa shape index (κ3) is 3.14. The summed E-state index contributed by atoms with van der Waals surface area (Å²) in [4.78, 5) is 4.23. The van der Waals surface area contributed by atoms with Gasteiger partial charge in [0.15, 0.2) is 0 Å². The van der Waals surface area contributed by atoms with Gasteiger partial charge in [-0.05, 0) is 46.7 Å². The normalized spacial score (nSPS) is 27.6. The van der Waals surface area contributed by atoms with Gasteiger partial charge in [-0.2, -0.15) is 11.8 Å². The van der Waals surface area contributed by atoms with Gasteiger partial charge in [-0.15, -0.1) is 0 Å². The minimum atomic E-state index is -0.560. The highest BCUT2D eigenvalue weighted by Gasteiger charge is 2.44. The molecule has 2 unspecified atom stereocenters. The molecule has 3 nitrogen and oxygen atoms in total. The highest BCUT2D eigenvalue weighted by Crippen LogP contribution is 2.41. The molecule has 1 saturated carbocycles. The monoisotopic (exact) mass is 316 g/mol. The van der Waals surface area contributed by atoms with Crippen LogP contribution in [0.25, 0.3) is 0 Å². The second kappa shape index (κ2) is 5.59. The van der Waals surface area contributed by atoms with Crippen LogP contribution in [-0.4, -0.2) is 33.2 Å². The van der Waals surface area contributed by atoms with Gasteiger partial charge in [-0.25, -0.2) is 4.98 Å². The highest BCUT2D eigenvalue weighted by atomic mass is 79.9. The summed E-state index contributed by atoms with van der Waals surface area (Å²) in [5, 5.41) is 14.0. The molecule has 0 bridgehead atoms. The van der Waals surface area contributed by atoms with E-state index in [1.807, 2.05) is 23.9 Å². The van der Waals surface area contributed by atoms with E-state index >= 15 is 0 Å². The molecule has 17 heavy (non-hydrogen) atoms. The lowest BCUT2D eigenvalue weighted by atomic mass is 9.79. The zero-order valence-electron chi connectivity index (χ0n) is 9.82. The predicted octanol–water partition coefficient (Wildman–Crippen LogP) is 2.90. The van der Waals surface area contributed by atoms with Gasteiger partial charge in [0.05, 0.1) is 5.60 Å². The Morgan fingerprint density at radius 2 is 2.47 bits per heavy atom. The van der Waals surface area contributed by atoms with Gasteiger partial charge in [-0.3, -0.25) is 0 Å². The fraction of sp³-hybridized carbons (Fsp3) is 0.583. The van der Waals surface area contributed by atoms with Crippen LogP contribution < -0.4 is 5.32 Å². The smallest absolute Gasteiger partial charge is 0.126 e. The van der Waals surface area contributed by atoms with Gasteiger partial charge in [0.25, 0.3) is 0 Å². The summed E-state index contributed by atoms with van der Waals surface area (Å²) in [6.45, 7) is 2.71. The quantitative estimate of drug-likeness (QED) is 0.876. The number of hydrogen-bond acceptors (Lipinski definition) is 4. The molecule has 2 N–H and O–H groups in total. The first-order valence-corrected chi connectivity index (χ1v) is 7.67. The Bertz CT molecular complexity index is 373. The number of nitrogens with one attached hydrogen (secondary N) is 1. The van der Waals surface area contributed by atoms with E-state index < -0.39 is 5.60 Å². The van der Waals surface area contributed by atoms with Crippen LogP contribution in [-0.2, 0) is 0 Å². The van der Waals surface area contributed by atoms with E-state index in [0.717, 1.165) is 28.9 Å². The van der Waals surface area contributed by atoms with Gasteiger partial charge >= 0.3 is 0 Å². The molecular weight excluding hydrogens is 300 g/mol. The maximum atomic E-state index is 10.4. The summed E-state index contributed by atoms with van der Waals surface area (Å²) < 4.78 is 0.963. The number of hydrogen-bond donors (Lipinski definition) is 2. The van der Waals surface area contributed by atoms with E-state index in [1.165, 1.54) is 0 Å². The first-order chi connectivity index (χ1) is 8.14. The number of rotatable bonds is 5. The number of nitrogens with zero attached hydrogens (tertiary/aromatic N) is 1. The SMILES string of the molecule is CCSC1CCC1(O)CNc1ccc(Br)cn1. The van der Waals surface area contributed by atoms with Crippen LogP contribution in [0.5, 0.6) is 0 Å². The van der Waals surface area contributed by atoms with Crippen LogP contribution in [0.4, 0.5) is 5.82 Å². The summed E-state index contributed by atoms with van der Waals surface area (Å²) in [6.07, 6.45) is 3.75. The molecule has 1 aromatic rings. The van der Waals surface area contributed by atoms with Gasteiger partial charge in [0, 0.05) is 22.5 Å². The molecule has 0 radical (unpaired) electrons. The first-order valence-electron chi connectivity index (χ1n) is 5.83. The van der Waals surface area contributed by atoms with Gasteiger partial charge < -0.3 is 10.4 Å². The second-order valence-corrected chi connectivity index (χ2v) is 6.70. The average molecular weight is 317 g/mol. The zero-order chi connectivity index (χ0) is 12.3. The van der Waals surface area contributed by atoms with Crippen molar-refractivity contribution in [1.29, 1.82) is 0 Å². The molecule has 1 heterocycles. The standard InChI is InChI=1S/C12H17BrN2OS/c1-2-17-10-5-6-12(10,16)8-15-11-4-3-9(13)7-14-11/h3-4,7,10,16H,2,5-6,8H2,1H3,(H,14,15). The molecule has 1 aliphatic rings. The Labute approximate surface area is 115 Å². The van der Waals surface area contributed by atoms with E-state index in [9.17, 15) is 5.11 Å². The van der Waals surface area contributed by atoms with Crippen molar-refractivity contribution in [2.24, 2.45) is 0 Å². The fourth-order valence-electron chi connectivity index (χ4n) is 1.96. The Morgan fingerprint density at radius 3 is 3.00 bits per heavy atom. The molecule has 0 aliphatic heterocycles. The average Bonchev–Trinajstić information content (AvgIpc) is 2.33. The molecule has 0 spiro atoms. The lowest BCUT2D eigenvalue weighted by molar-refractivity contribution is -0.0120. The Balaban J connectivity index is 1.87. The van der Waals surface area contributed by atoms with Crippen molar-refractivity contribution in [2.75, 3.05) is 17.6 Å². The van der Waals surface area contributed by atoms with E-state index in [4.69, 9.17) is 0 Å². The van der Waals surface area contributed by atoms with Crippen molar-refractivity contribution < 1.29 is 5.11 Å². The molecular formula is C12H17BrN2OS. The van der Waals surface area contributed by atoms with Crippen molar-refractivity contribution in [2.45, 2.75) is 30.6 Å². The number of aliphatic hydroxyl groups is 1. The number of halogens is 1. The molecule has 2 atom stereocenters. The topological polar surface area (TPSA) is 45.1 Å². The van der Waals surface area contributed by atoms with Gasteiger partial charge in [-0.1, -0.05) is 6.92 Å². The zero-order valence-corrected chi connectivity index (χ0v) is 12.2. The van der Waals surface area contributed by atoms with Gasteiger partial charge in [0.2, 0.25) is 0 Å². The number of aromatic nitrogens is 1. The summed E-state index contributed by atoms with van der Waals surface area (Å²) >= 11 is 5.19. The minimum absolute atomic E-state index is 0.371. The van der Waals surface area contributed by atoms with Crippen LogP contribution >= 0.6 is 27.7 Å². The number of anilines is 1. The highest BCUT2D eigenvalue weighted by molar-refractivity contribution is 9.10. The third-order valence-electron chi connectivity index (χ3n) is 3.11. The number of thioether (sulfide) groups is 1. The fourth-order valence-corrected chi connectivity index (χ4v) is 3.39. The molecule has 5 heteroatoms. The van der Waals surface area contributed by atoms with Crippen LogP contribution in [0.15, 0.2) is 22.8 Å². The van der Waals surface area contributed by atoms with E-state index in [1.54, 1.807) is 6.20 Å². The third-order valence-corrected chi connectivity index (χ3v) is 4.99. The molecule has 1 fully saturated rings. The predicted molar refractivity (Wildman–Crippen MR) is 76.5 cm³/mol. The summed E-state index contributed by atoms with van der Waals surface area (Å²) in [6, 6.07) is 3.85. The Kier molecular flexibility index (Phi) is 4.33. The number of pyridine rings is 1. The molecule has 1 aromatic heterocycles. The summed E-state index contributed by atoms with van der Waals surface area (Å²) in [5.41, 5.74) is -0.560. The van der Waals surface area contributed by atoms with E-state index in [2.05, 4.69) is 33.2 Å². The Morgan fingerprint density at radius 1 is 1.65 bits per heavy atom. The Hall–Kier alpha value is -0.260. The van der Waals surface area contributed by atoms with Crippen LogP contribution in [0.3, 0.4) is 0 Å². The van der Waals surface area contributed by atoms with E-state index in [0.29, 0.717) is 11.8 Å². The lowest BCUT2D eigenvalue weighted by Gasteiger charge is -2.45.